The molecule has 0 aliphatic carbocycles. The first-order chi connectivity index (χ1) is 12.1. The Balaban J connectivity index is 1.58. The van der Waals surface area contributed by atoms with Gasteiger partial charge in [-0.25, -0.2) is 9.48 Å². The van der Waals surface area contributed by atoms with Crippen molar-refractivity contribution >= 4 is 23.3 Å². The van der Waals surface area contributed by atoms with Gasteiger partial charge in [0.2, 0.25) is 0 Å². The molecule has 0 aliphatic rings. The monoisotopic (exact) mass is 356 g/mol. The quantitative estimate of drug-likeness (QED) is 0.544. The van der Waals surface area contributed by atoms with Crippen molar-refractivity contribution in [3.8, 4) is 0 Å². The molecule has 0 spiro atoms. The number of carbonyl (C=O) groups excluding carboxylic acids is 1. The summed E-state index contributed by atoms with van der Waals surface area (Å²) in [5, 5.41) is 7.19. The van der Waals surface area contributed by atoms with Crippen molar-refractivity contribution in [3.63, 3.8) is 0 Å². The van der Waals surface area contributed by atoms with E-state index < -0.39 is 0 Å². The Hall–Kier alpha value is -2.54. The van der Waals surface area contributed by atoms with Crippen LogP contribution in [0, 0.1) is 6.92 Å². The van der Waals surface area contributed by atoms with E-state index in [0.29, 0.717) is 30.7 Å². The Kier molecular flexibility index (Phi) is 5.23. The summed E-state index contributed by atoms with van der Waals surface area (Å²) in [4.78, 5) is 25.6. The third-order valence-electron chi connectivity index (χ3n) is 4.01. The number of amides is 1. The van der Waals surface area contributed by atoms with Gasteiger partial charge in [0, 0.05) is 29.7 Å². The molecule has 6 nitrogen and oxygen atoms in total. The lowest BCUT2D eigenvalue weighted by Crippen LogP contribution is -2.28. The molecule has 1 aromatic carbocycles. The second-order valence-corrected chi connectivity index (χ2v) is 6.60. The molecule has 0 radical (unpaired) electrons. The summed E-state index contributed by atoms with van der Waals surface area (Å²) in [6.45, 7) is 2.88. The van der Waals surface area contributed by atoms with E-state index in [1.807, 2.05) is 37.4 Å². The van der Waals surface area contributed by atoms with Gasteiger partial charge in [0.05, 0.1) is 0 Å². The Morgan fingerprint density at radius 1 is 1.28 bits per heavy atom. The summed E-state index contributed by atoms with van der Waals surface area (Å²) in [7, 11) is 0. The van der Waals surface area contributed by atoms with Crippen LogP contribution >= 0.6 is 11.8 Å². The number of thioether (sulfide) groups is 1. The average Bonchev–Trinajstić information content (AvgIpc) is 2.95. The van der Waals surface area contributed by atoms with Crippen molar-refractivity contribution in [3.05, 3.63) is 64.2 Å². The first-order valence-electron chi connectivity index (χ1n) is 8.07. The Labute approximate surface area is 149 Å². The smallest absolute Gasteiger partial charge is 0.350 e. The van der Waals surface area contributed by atoms with Gasteiger partial charge in [-0.3, -0.25) is 9.20 Å². The molecule has 25 heavy (non-hydrogen) atoms. The highest BCUT2D eigenvalue weighted by Gasteiger charge is 2.10. The molecular formula is C18H20N4O2S. The molecule has 1 N–H and O–H groups in total. The first kappa shape index (κ1) is 17.3. The molecule has 0 aliphatic heterocycles. The van der Waals surface area contributed by atoms with Gasteiger partial charge >= 0.3 is 5.69 Å². The van der Waals surface area contributed by atoms with Gasteiger partial charge in [-0.1, -0.05) is 12.1 Å². The topological polar surface area (TPSA) is 68.4 Å². The minimum absolute atomic E-state index is 0.0873. The number of rotatable bonds is 6. The van der Waals surface area contributed by atoms with E-state index in [9.17, 15) is 9.59 Å². The van der Waals surface area contributed by atoms with E-state index in [1.165, 1.54) is 9.08 Å². The largest absolute Gasteiger partial charge is 0.352 e. The number of pyridine rings is 1. The van der Waals surface area contributed by atoms with Crippen LogP contribution in [0.4, 0.5) is 0 Å². The summed E-state index contributed by atoms with van der Waals surface area (Å²) >= 11 is 1.61. The lowest BCUT2D eigenvalue weighted by molar-refractivity contribution is 0.0951. The van der Waals surface area contributed by atoms with Gasteiger partial charge in [-0.2, -0.15) is 0 Å². The van der Waals surface area contributed by atoms with Gasteiger partial charge in [-0.05, 0) is 49.4 Å². The fourth-order valence-corrected chi connectivity index (χ4v) is 3.05. The number of benzene rings is 1. The Morgan fingerprint density at radius 3 is 2.88 bits per heavy atom. The summed E-state index contributed by atoms with van der Waals surface area (Å²) in [6.07, 6.45) is 4.32. The molecule has 0 saturated heterocycles. The average molecular weight is 356 g/mol. The fourth-order valence-electron chi connectivity index (χ4n) is 2.61. The van der Waals surface area contributed by atoms with Crippen molar-refractivity contribution in [2.75, 3.05) is 12.8 Å². The minimum Gasteiger partial charge on any atom is -0.352 e. The van der Waals surface area contributed by atoms with Crippen LogP contribution in [0.5, 0.6) is 0 Å². The summed E-state index contributed by atoms with van der Waals surface area (Å²) in [5.74, 6) is -0.0873. The molecule has 0 bridgehead atoms. The normalized spacial score (nSPS) is 11.0. The maximum absolute atomic E-state index is 12.3. The maximum atomic E-state index is 12.3. The van der Waals surface area contributed by atoms with Crippen LogP contribution in [0.25, 0.3) is 5.65 Å². The second-order valence-electron chi connectivity index (χ2n) is 5.72. The fraction of sp³-hybridized carbons (Fsp3) is 0.278. The number of hydrogen-bond donors (Lipinski definition) is 1. The van der Waals surface area contributed by atoms with Crippen LogP contribution in [-0.2, 0) is 6.54 Å². The minimum atomic E-state index is -0.162. The summed E-state index contributed by atoms with van der Waals surface area (Å²) < 4.78 is 2.94. The van der Waals surface area contributed by atoms with Crippen LogP contribution in [0.15, 0.2) is 52.3 Å². The number of carbonyl (C=O) groups is 1. The van der Waals surface area contributed by atoms with E-state index >= 15 is 0 Å². The van der Waals surface area contributed by atoms with Crippen molar-refractivity contribution in [1.29, 1.82) is 0 Å². The molecule has 3 aromatic rings. The van der Waals surface area contributed by atoms with Crippen molar-refractivity contribution in [1.82, 2.24) is 19.5 Å². The van der Waals surface area contributed by atoms with E-state index in [2.05, 4.69) is 10.4 Å². The molecule has 1 amide bonds. The molecule has 0 atom stereocenters. The highest BCUT2D eigenvalue weighted by molar-refractivity contribution is 7.98. The van der Waals surface area contributed by atoms with Gasteiger partial charge in [0.25, 0.3) is 5.91 Å². The summed E-state index contributed by atoms with van der Waals surface area (Å²) in [6, 6.07) is 11.3. The molecule has 0 unspecified atom stereocenters. The number of nitrogens with zero attached hydrogens (tertiary/aromatic N) is 3. The molecule has 2 aromatic heterocycles. The molecule has 3 rings (SSSR count). The highest BCUT2D eigenvalue weighted by atomic mass is 32.2. The van der Waals surface area contributed by atoms with Crippen LogP contribution < -0.4 is 11.0 Å². The molecular weight excluding hydrogens is 336 g/mol. The molecule has 7 heteroatoms. The number of nitrogens with one attached hydrogen (secondary N) is 1. The van der Waals surface area contributed by atoms with Crippen molar-refractivity contribution in [2.45, 2.75) is 24.8 Å². The highest BCUT2D eigenvalue weighted by Crippen LogP contribution is 2.18. The van der Waals surface area contributed by atoms with Crippen LogP contribution in [0.2, 0.25) is 0 Å². The third kappa shape index (κ3) is 3.76. The van der Waals surface area contributed by atoms with Gasteiger partial charge in [-0.15, -0.1) is 16.9 Å². The molecule has 2 heterocycles. The SMILES string of the molecule is CSc1ccc(C)c(C(=O)NCCCn2nc3ccccn3c2=O)c1. The predicted molar refractivity (Wildman–Crippen MR) is 99.4 cm³/mol. The van der Waals surface area contributed by atoms with Crippen LogP contribution in [0.1, 0.15) is 22.3 Å². The number of aryl methyl sites for hydroxylation is 2. The Bertz CT molecular complexity index is 961. The molecule has 0 saturated carbocycles. The Morgan fingerprint density at radius 2 is 2.12 bits per heavy atom. The third-order valence-corrected chi connectivity index (χ3v) is 4.74. The zero-order valence-corrected chi connectivity index (χ0v) is 15.0. The van der Waals surface area contributed by atoms with E-state index in [4.69, 9.17) is 0 Å². The van der Waals surface area contributed by atoms with Gasteiger partial charge < -0.3 is 5.32 Å². The van der Waals surface area contributed by atoms with Crippen LogP contribution in [-0.4, -0.2) is 32.9 Å². The zero-order valence-electron chi connectivity index (χ0n) is 14.2. The standard InChI is InChI=1S/C18H20N4O2S/c1-13-7-8-14(25-2)12-15(13)17(23)19-9-5-11-22-18(24)21-10-4-3-6-16(21)20-22/h3-4,6-8,10,12H,5,9,11H2,1-2H3,(H,19,23). The van der Waals surface area contributed by atoms with Crippen molar-refractivity contribution < 1.29 is 4.79 Å². The first-order valence-corrected chi connectivity index (χ1v) is 9.29. The van der Waals surface area contributed by atoms with E-state index in [1.54, 1.807) is 30.1 Å². The second kappa shape index (κ2) is 7.57. The van der Waals surface area contributed by atoms with Crippen molar-refractivity contribution in [2.24, 2.45) is 0 Å². The summed E-state index contributed by atoms with van der Waals surface area (Å²) in [5.41, 5.74) is 2.11. The van der Waals surface area contributed by atoms with Crippen LogP contribution in [0.3, 0.4) is 0 Å². The lowest BCUT2D eigenvalue weighted by Gasteiger charge is -2.09. The van der Waals surface area contributed by atoms with E-state index in [-0.39, 0.29) is 11.6 Å². The molecule has 0 fully saturated rings. The maximum Gasteiger partial charge on any atom is 0.350 e. The lowest BCUT2D eigenvalue weighted by atomic mass is 10.1. The number of aromatic nitrogens is 3. The van der Waals surface area contributed by atoms with E-state index in [0.717, 1.165) is 10.5 Å². The predicted octanol–water partition coefficient (Wildman–Crippen LogP) is 2.35. The van der Waals surface area contributed by atoms with Gasteiger partial charge in [0.1, 0.15) is 0 Å². The number of fused-ring (bicyclic) bond motifs is 1. The molecule has 130 valence electrons. The van der Waals surface area contributed by atoms with Gasteiger partial charge in [0.15, 0.2) is 5.65 Å². The zero-order chi connectivity index (χ0) is 17.8. The number of hydrogen-bond acceptors (Lipinski definition) is 4.